The minimum atomic E-state index is -0.0348. The number of hydrogen-bond donors (Lipinski definition) is 1. The topological polar surface area (TPSA) is 53.4 Å². The van der Waals surface area contributed by atoms with E-state index in [4.69, 9.17) is 16.7 Å². The maximum atomic E-state index is 12.8. The van der Waals surface area contributed by atoms with Gasteiger partial charge < -0.3 is 5.11 Å². The summed E-state index contributed by atoms with van der Waals surface area (Å²) >= 11 is 6.08. The number of rotatable bonds is 4. The van der Waals surface area contributed by atoms with Gasteiger partial charge in [-0.3, -0.25) is 14.7 Å². The Morgan fingerprint density at radius 2 is 2.14 bits per heavy atom. The molecule has 5 heteroatoms. The van der Waals surface area contributed by atoms with E-state index in [1.165, 1.54) is 0 Å². The van der Waals surface area contributed by atoms with Gasteiger partial charge in [0.25, 0.3) is 5.91 Å². The summed E-state index contributed by atoms with van der Waals surface area (Å²) in [5.74, 6) is -0.0264. The maximum Gasteiger partial charge on any atom is 0.259 e. The number of halogens is 1. The second kappa shape index (κ2) is 6.07. The van der Waals surface area contributed by atoms with Crippen LogP contribution in [0, 0.1) is 0 Å². The lowest BCUT2D eigenvalue weighted by atomic mass is 10.0. The lowest BCUT2D eigenvalue weighted by Gasteiger charge is -2.24. The van der Waals surface area contributed by atoms with E-state index < -0.39 is 0 Å². The lowest BCUT2D eigenvalue weighted by Crippen LogP contribution is -2.27. The van der Waals surface area contributed by atoms with Gasteiger partial charge in [0, 0.05) is 23.4 Å². The lowest BCUT2D eigenvalue weighted by molar-refractivity contribution is 0.0990. The van der Waals surface area contributed by atoms with Crippen molar-refractivity contribution in [2.24, 2.45) is 0 Å². The van der Waals surface area contributed by atoms with Crippen molar-refractivity contribution in [2.45, 2.75) is 25.8 Å². The summed E-state index contributed by atoms with van der Waals surface area (Å²) in [6.07, 6.45) is 4.72. The van der Waals surface area contributed by atoms with E-state index in [0.29, 0.717) is 17.0 Å². The fourth-order valence-electron chi connectivity index (χ4n) is 2.99. The summed E-state index contributed by atoms with van der Waals surface area (Å²) < 4.78 is 0. The van der Waals surface area contributed by atoms with Gasteiger partial charge in [-0.2, -0.15) is 0 Å². The zero-order valence-corrected chi connectivity index (χ0v) is 13.0. The minimum absolute atomic E-state index is 0.0264. The molecule has 3 rings (SSSR count). The third kappa shape index (κ3) is 2.49. The van der Waals surface area contributed by atoms with Crippen molar-refractivity contribution in [1.29, 1.82) is 0 Å². The van der Waals surface area contributed by atoms with Crippen LogP contribution in [0.2, 0.25) is 5.02 Å². The molecule has 1 atom stereocenters. The summed E-state index contributed by atoms with van der Waals surface area (Å²) in [6.45, 7) is 2.11. The Balaban J connectivity index is 2.04. The van der Waals surface area contributed by atoms with Crippen molar-refractivity contribution < 1.29 is 9.90 Å². The molecule has 0 bridgehead atoms. The molecule has 1 aliphatic heterocycles. The maximum absolute atomic E-state index is 12.8. The molecule has 0 saturated heterocycles. The molecule has 0 aliphatic carbocycles. The molecule has 1 amide bonds. The molecule has 1 unspecified atom stereocenters. The zero-order valence-electron chi connectivity index (χ0n) is 12.3. The first-order chi connectivity index (χ1) is 10.7. The second-order valence-corrected chi connectivity index (χ2v) is 5.79. The number of hydrogen-bond acceptors (Lipinski definition) is 3. The van der Waals surface area contributed by atoms with E-state index >= 15 is 0 Å². The smallest absolute Gasteiger partial charge is 0.259 e. The van der Waals surface area contributed by atoms with Crippen molar-refractivity contribution in [3.05, 3.63) is 58.4 Å². The summed E-state index contributed by atoms with van der Waals surface area (Å²) in [4.78, 5) is 18.7. The number of carbonyl (C=O) groups excluding carboxylic acids is 1. The van der Waals surface area contributed by atoms with Crippen LogP contribution < -0.4 is 4.90 Å². The van der Waals surface area contributed by atoms with Gasteiger partial charge in [0.1, 0.15) is 0 Å². The molecule has 2 heterocycles. The van der Waals surface area contributed by atoms with Crippen molar-refractivity contribution >= 4 is 23.2 Å². The Bertz CT molecular complexity index is 718. The van der Waals surface area contributed by atoms with E-state index in [1.807, 2.05) is 19.1 Å². The van der Waals surface area contributed by atoms with Crippen LogP contribution in [-0.4, -0.2) is 22.6 Å². The van der Waals surface area contributed by atoms with Crippen LogP contribution >= 0.6 is 11.6 Å². The van der Waals surface area contributed by atoms with Crippen LogP contribution in [0.5, 0.6) is 0 Å². The van der Waals surface area contributed by atoms with Crippen molar-refractivity contribution in [3.63, 3.8) is 0 Å². The van der Waals surface area contributed by atoms with E-state index in [1.54, 1.807) is 29.4 Å². The molecule has 0 fully saturated rings. The Kier molecular flexibility index (Phi) is 4.14. The summed E-state index contributed by atoms with van der Waals surface area (Å²) in [5.41, 5.74) is 3.34. The zero-order chi connectivity index (χ0) is 15.7. The average molecular weight is 317 g/mol. The third-order valence-corrected chi connectivity index (χ3v) is 4.21. The highest BCUT2D eigenvalue weighted by atomic mass is 35.5. The van der Waals surface area contributed by atoms with Crippen molar-refractivity contribution in [2.75, 3.05) is 11.5 Å². The first-order valence-corrected chi connectivity index (χ1v) is 7.71. The number of aliphatic hydroxyl groups excluding tert-OH is 1. The van der Waals surface area contributed by atoms with E-state index in [9.17, 15) is 4.79 Å². The van der Waals surface area contributed by atoms with Gasteiger partial charge in [-0.25, -0.2) is 0 Å². The van der Waals surface area contributed by atoms with Crippen LogP contribution in [0.4, 0.5) is 5.69 Å². The van der Waals surface area contributed by atoms with E-state index in [0.717, 1.165) is 23.2 Å². The number of aliphatic hydroxyl groups is 1. The van der Waals surface area contributed by atoms with Crippen molar-refractivity contribution in [1.82, 2.24) is 4.98 Å². The number of carbonyl (C=O) groups is 1. The number of pyridine rings is 1. The standard InChI is InChI=1S/C17H17ClN2O2/c1-2-16-15-8-12(18)3-4-14(15)17(22)20(16)13-7-11(5-6-21)9-19-10-13/h3-4,7-10,16,21H,2,5-6H2,1H3. The average Bonchev–Trinajstić information content (AvgIpc) is 2.79. The van der Waals surface area contributed by atoms with Gasteiger partial charge in [0.15, 0.2) is 0 Å². The third-order valence-electron chi connectivity index (χ3n) is 3.98. The monoisotopic (exact) mass is 316 g/mol. The molecule has 1 aliphatic rings. The Hall–Kier alpha value is -1.91. The quantitative estimate of drug-likeness (QED) is 0.940. The predicted octanol–water partition coefficient (Wildman–Crippen LogP) is 3.38. The molecule has 0 radical (unpaired) electrons. The van der Waals surface area contributed by atoms with Gasteiger partial charge in [-0.15, -0.1) is 0 Å². The number of fused-ring (bicyclic) bond motifs is 1. The van der Waals surface area contributed by atoms with E-state index in [-0.39, 0.29) is 18.6 Å². The fraction of sp³-hybridized carbons (Fsp3) is 0.294. The SMILES string of the molecule is CCC1c2cc(Cl)ccc2C(=O)N1c1cncc(CCO)c1. The largest absolute Gasteiger partial charge is 0.396 e. The van der Waals surface area contributed by atoms with Gasteiger partial charge >= 0.3 is 0 Å². The molecule has 2 aromatic rings. The molecule has 1 N–H and O–H groups in total. The number of aromatic nitrogens is 1. The Labute approximate surface area is 134 Å². The fourth-order valence-corrected chi connectivity index (χ4v) is 3.17. The van der Waals surface area contributed by atoms with E-state index in [2.05, 4.69) is 4.98 Å². The molecule has 4 nitrogen and oxygen atoms in total. The Morgan fingerprint density at radius 3 is 2.86 bits per heavy atom. The number of nitrogens with zero attached hydrogens (tertiary/aromatic N) is 2. The molecule has 22 heavy (non-hydrogen) atoms. The number of benzene rings is 1. The molecular weight excluding hydrogens is 300 g/mol. The highest BCUT2D eigenvalue weighted by Crippen LogP contribution is 2.40. The molecule has 1 aromatic carbocycles. The van der Waals surface area contributed by atoms with Gasteiger partial charge in [0.05, 0.1) is 17.9 Å². The molecular formula is C17H17ClN2O2. The predicted molar refractivity (Wildman–Crippen MR) is 86.3 cm³/mol. The minimum Gasteiger partial charge on any atom is -0.396 e. The molecule has 0 saturated carbocycles. The molecule has 114 valence electrons. The number of amides is 1. The van der Waals surface area contributed by atoms with Crippen LogP contribution in [0.3, 0.4) is 0 Å². The van der Waals surface area contributed by atoms with Crippen molar-refractivity contribution in [3.8, 4) is 0 Å². The van der Waals surface area contributed by atoms with Crippen LogP contribution in [0.15, 0.2) is 36.7 Å². The van der Waals surface area contributed by atoms with Gasteiger partial charge in [-0.1, -0.05) is 18.5 Å². The summed E-state index contributed by atoms with van der Waals surface area (Å²) in [6, 6.07) is 7.28. The second-order valence-electron chi connectivity index (χ2n) is 5.36. The van der Waals surface area contributed by atoms with Gasteiger partial charge in [-0.05, 0) is 48.2 Å². The number of anilines is 1. The highest BCUT2D eigenvalue weighted by Gasteiger charge is 2.36. The highest BCUT2D eigenvalue weighted by molar-refractivity contribution is 6.31. The first-order valence-electron chi connectivity index (χ1n) is 7.33. The normalized spacial score (nSPS) is 17.0. The van der Waals surface area contributed by atoms with Crippen LogP contribution in [-0.2, 0) is 6.42 Å². The summed E-state index contributed by atoms with van der Waals surface area (Å²) in [7, 11) is 0. The molecule has 1 aromatic heterocycles. The van der Waals surface area contributed by atoms with Crippen LogP contribution in [0.25, 0.3) is 0 Å². The van der Waals surface area contributed by atoms with Gasteiger partial charge in [0.2, 0.25) is 0 Å². The molecule has 0 spiro atoms. The Morgan fingerprint density at radius 1 is 1.32 bits per heavy atom. The van der Waals surface area contributed by atoms with Crippen LogP contribution in [0.1, 0.15) is 40.9 Å². The summed E-state index contributed by atoms with van der Waals surface area (Å²) in [5, 5.41) is 9.71. The first kappa shape index (κ1) is 15.0.